The van der Waals surface area contributed by atoms with Crippen molar-refractivity contribution in [3.8, 4) is 0 Å². The standard InChI is InChI=1S/C12H19N3O2S/c1-2-3-9-15(10-6-7-10)18(16,17)12-11(13)5-4-8-14-12/h4-5,8,10H,2-3,6-7,9,13H2,1H3. The molecule has 1 aromatic rings. The largest absolute Gasteiger partial charge is 0.396 e. The average Bonchev–Trinajstić information content (AvgIpc) is 3.14. The molecule has 2 N–H and O–H groups in total. The summed E-state index contributed by atoms with van der Waals surface area (Å²) in [6.07, 6.45) is 5.18. The highest BCUT2D eigenvalue weighted by atomic mass is 32.2. The van der Waals surface area contributed by atoms with Crippen LogP contribution in [-0.4, -0.2) is 30.3 Å². The number of hydrogen-bond acceptors (Lipinski definition) is 4. The summed E-state index contributed by atoms with van der Waals surface area (Å²) in [7, 11) is -3.54. The summed E-state index contributed by atoms with van der Waals surface area (Å²) in [4.78, 5) is 3.93. The van der Waals surface area contributed by atoms with E-state index in [1.54, 1.807) is 16.4 Å². The Morgan fingerprint density at radius 1 is 1.50 bits per heavy atom. The van der Waals surface area contributed by atoms with E-state index in [0.717, 1.165) is 25.7 Å². The van der Waals surface area contributed by atoms with E-state index in [2.05, 4.69) is 4.98 Å². The SMILES string of the molecule is CCCCN(C1CC1)S(=O)(=O)c1ncccc1N. The molecule has 0 radical (unpaired) electrons. The van der Waals surface area contributed by atoms with Gasteiger partial charge in [0.1, 0.15) is 0 Å². The fourth-order valence-corrected chi connectivity index (χ4v) is 3.66. The fraction of sp³-hybridized carbons (Fsp3) is 0.583. The van der Waals surface area contributed by atoms with Crippen LogP contribution in [-0.2, 0) is 10.0 Å². The van der Waals surface area contributed by atoms with Gasteiger partial charge in [-0.1, -0.05) is 13.3 Å². The minimum absolute atomic E-state index is 0.00648. The highest BCUT2D eigenvalue weighted by molar-refractivity contribution is 7.89. The van der Waals surface area contributed by atoms with Crippen molar-refractivity contribution in [1.29, 1.82) is 0 Å². The molecule has 6 heteroatoms. The molecule has 5 nitrogen and oxygen atoms in total. The van der Waals surface area contributed by atoms with E-state index in [9.17, 15) is 8.42 Å². The van der Waals surface area contributed by atoms with Crippen LogP contribution in [0.15, 0.2) is 23.4 Å². The molecule has 0 aromatic carbocycles. The average molecular weight is 269 g/mol. The number of nitrogens with two attached hydrogens (primary N) is 1. The number of hydrogen-bond donors (Lipinski definition) is 1. The second-order valence-corrected chi connectivity index (χ2v) is 6.40. The molecule has 1 aliphatic carbocycles. The van der Waals surface area contributed by atoms with E-state index in [4.69, 9.17) is 5.73 Å². The molecule has 1 fully saturated rings. The topological polar surface area (TPSA) is 76.3 Å². The van der Waals surface area contributed by atoms with Crippen LogP contribution in [0, 0.1) is 0 Å². The van der Waals surface area contributed by atoms with Crippen molar-refractivity contribution in [2.45, 2.75) is 43.7 Å². The fourth-order valence-electron chi connectivity index (χ4n) is 1.91. The number of aromatic nitrogens is 1. The second kappa shape index (κ2) is 5.24. The van der Waals surface area contributed by atoms with Crippen molar-refractivity contribution >= 4 is 15.7 Å². The van der Waals surface area contributed by atoms with Crippen molar-refractivity contribution in [2.75, 3.05) is 12.3 Å². The van der Waals surface area contributed by atoms with Gasteiger partial charge in [0.15, 0.2) is 5.03 Å². The third-order valence-electron chi connectivity index (χ3n) is 3.04. The second-order valence-electron chi connectivity index (χ2n) is 4.60. The van der Waals surface area contributed by atoms with Crippen LogP contribution in [0.1, 0.15) is 32.6 Å². The number of pyridine rings is 1. The molecule has 0 unspecified atom stereocenters. The molecular weight excluding hydrogens is 250 g/mol. The van der Waals surface area contributed by atoms with Gasteiger partial charge in [-0.05, 0) is 31.4 Å². The first-order chi connectivity index (χ1) is 8.57. The Kier molecular flexibility index (Phi) is 3.87. The molecule has 0 amide bonds. The smallest absolute Gasteiger partial charge is 0.262 e. The van der Waals surface area contributed by atoms with Crippen LogP contribution in [0.3, 0.4) is 0 Å². The molecule has 100 valence electrons. The van der Waals surface area contributed by atoms with Gasteiger partial charge in [-0.3, -0.25) is 0 Å². The monoisotopic (exact) mass is 269 g/mol. The molecule has 0 saturated heterocycles. The lowest BCUT2D eigenvalue weighted by molar-refractivity contribution is 0.394. The molecule has 2 rings (SSSR count). The summed E-state index contributed by atoms with van der Waals surface area (Å²) in [5.41, 5.74) is 5.95. The van der Waals surface area contributed by atoms with Crippen LogP contribution in [0.4, 0.5) is 5.69 Å². The van der Waals surface area contributed by atoms with Gasteiger partial charge in [-0.25, -0.2) is 13.4 Å². The summed E-state index contributed by atoms with van der Waals surface area (Å²) in [6.45, 7) is 2.60. The zero-order chi connectivity index (χ0) is 13.2. The Balaban J connectivity index is 2.30. The van der Waals surface area contributed by atoms with Gasteiger partial charge in [0.2, 0.25) is 0 Å². The van der Waals surface area contributed by atoms with Crippen molar-refractivity contribution in [3.05, 3.63) is 18.3 Å². The lowest BCUT2D eigenvalue weighted by atomic mass is 10.3. The van der Waals surface area contributed by atoms with Crippen molar-refractivity contribution in [3.63, 3.8) is 0 Å². The van der Waals surface area contributed by atoms with Crippen LogP contribution < -0.4 is 5.73 Å². The number of rotatable bonds is 6. The highest BCUT2D eigenvalue weighted by Gasteiger charge is 2.38. The zero-order valence-electron chi connectivity index (χ0n) is 10.5. The van der Waals surface area contributed by atoms with E-state index in [1.807, 2.05) is 6.92 Å². The Bertz CT molecular complexity index is 512. The number of nitrogens with zero attached hydrogens (tertiary/aromatic N) is 2. The van der Waals surface area contributed by atoms with Gasteiger partial charge in [0, 0.05) is 18.8 Å². The molecule has 1 heterocycles. The molecule has 0 bridgehead atoms. The third-order valence-corrected chi connectivity index (χ3v) is 4.97. The maximum absolute atomic E-state index is 12.5. The van der Waals surface area contributed by atoms with Crippen molar-refractivity contribution < 1.29 is 8.42 Å². The molecule has 1 aliphatic rings. The number of nitrogen functional groups attached to an aromatic ring is 1. The van der Waals surface area contributed by atoms with E-state index in [-0.39, 0.29) is 16.8 Å². The maximum atomic E-state index is 12.5. The van der Waals surface area contributed by atoms with Crippen LogP contribution in [0.5, 0.6) is 0 Å². The number of sulfonamides is 1. The molecular formula is C12H19N3O2S. The van der Waals surface area contributed by atoms with Crippen LogP contribution in [0.2, 0.25) is 0 Å². The highest BCUT2D eigenvalue weighted by Crippen LogP contribution is 2.33. The molecule has 18 heavy (non-hydrogen) atoms. The van der Waals surface area contributed by atoms with Gasteiger partial charge in [0.05, 0.1) is 5.69 Å². The van der Waals surface area contributed by atoms with Crippen LogP contribution in [0.25, 0.3) is 0 Å². The van der Waals surface area contributed by atoms with Gasteiger partial charge in [0.25, 0.3) is 10.0 Å². The zero-order valence-corrected chi connectivity index (χ0v) is 11.4. The Morgan fingerprint density at radius 2 is 2.22 bits per heavy atom. The minimum Gasteiger partial charge on any atom is -0.396 e. The Morgan fingerprint density at radius 3 is 2.78 bits per heavy atom. The Labute approximate surface area is 108 Å². The molecule has 1 aromatic heterocycles. The first-order valence-electron chi connectivity index (χ1n) is 6.29. The minimum atomic E-state index is -3.54. The van der Waals surface area contributed by atoms with E-state index in [0.29, 0.717) is 6.54 Å². The quantitative estimate of drug-likeness (QED) is 0.851. The summed E-state index contributed by atoms with van der Waals surface area (Å²) in [6, 6.07) is 3.36. The molecule has 1 saturated carbocycles. The van der Waals surface area contributed by atoms with Crippen molar-refractivity contribution in [1.82, 2.24) is 9.29 Å². The molecule has 0 aliphatic heterocycles. The first-order valence-corrected chi connectivity index (χ1v) is 7.73. The molecule has 0 spiro atoms. The third kappa shape index (κ3) is 2.64. The lowest BCUT2D eigenvalue weighted by Gasteiger charge is -2.21. The predicted octanol–water partition coefficient (Wildman–Crippen LogP) is 1.62. The van der Waals surface area contributed by atoms with Gasteiger partial charge in [-0.2, -0.15) is 4.31 Å². The van der Waals surface area contributed by atoms with Gasteiger partial charge in [-0.15, -0.1) is 0 Å². The van der Waals surface area contributed by atoms with E-state index in [1.165, 1.54) is 6.20 Å². The number of unbranched alkanes of at least 4 members (excludes halogenated alkanes) is 1. The summed E-state index contributed by atoms with van der Waals surface area (Å²) in [5, 5.41) is -0.00648. The maximum Gasteiger partial charge on any atom is 0.262 e. The summed E-state index contributed by atoms with van der Waals surface area (Å²) in [5.74, 6) is 0. The van der Waals surface area contributed by atoms with Crippen molar-refractivity contribution in [2.24, 2.45) is 0 Å². The number of anilines is 1. The summed E-state index contributed by atoms with van der Waals surface area (Å²) < 4.78 is 26.6. The lowest BCUT2D eigenvalue weighted by Crippen LogP contribution is -2.35. The van der Waals surface area contributed by atoms with Gasteiger partial charge < -0.3 is 5.73 Å². The first kappa shape index (κ1) is 13.3. The van der Waals surface area contributed by atoms with E-state index >= 15 is 0 Å². The Hall–Kier alpha value is -1.14. The summed E-state index contributed by atoms with van der Waals surface area (Å²) >= 11 is 0. The van der Waals surface area contributed by atoms with Gasteiger partial charge >= 0.3 is 0 Å². The normalized spacial score (nSPS) is 16.1. The van der Waals surface area contributed by atoms with Crippen LogP contribution >= 0.6 is 0 Å². The molecule has 0 atom stereocenters. The predicted molar refractivity (Wildman–Crippen MR) is 70.5 cm³/mol. The van der Waals surface area contributed by atoms with E-state index < -0.39 is 10.0 Å².